The van der Waals surface area contributed by atoms with E-state index < -0.39 is 23.7 Å². The molecule has 3 aromatic rings. The number of aromatic nitrogens is 1. The largest absolute Gasteiger partial charge is 0.507 e. The summed E-state index contributed by atoms with van der Waals surface area (Å²) in [4.78, 5) is 45.0. The number of rotatable bonds is 8. The molecule has 190 valence electrons. The van der Waals surface area contributed by atoms with Gasteiger partial charge in [0.05, 0.1) is 23.9 Å². The molecule has 4 rings (SSSR count). The van der Waals surface area contributed by atoms with E-state index in [0.717, 1.165) is 16.9 Å². The second-order valence-electron chi connectivity index (χ2n) is 8.34. The van der Waals surface area contributed by atoms with Crippen LogP contribution >= 0.6 is 11.3 Å². The van der Waals surface area contributed by atoms with Crippen LogP contribution in [0.4, 0.5) is 5.13 Å². The number of carbonyl (C=O) groups is 3. The van der Waals surface area contributed by atoms with Crippen molar-refractivity contribution in [1.82, 2.24) is 4.98 Å². The van der Waals surface area contributed by atoms with E-state index >= 15 is 0 Å². The fraction of sp³-hybridized carbons (Fsp3) is 0.214. The van der Waals surface area contributed by atoms with Crippen molar-refractivity contribution >= 4 is 39.9 Å². The number of amides is 1. The lowest BCUT2D eigenvalue weighted by Crippen LogP contribution is -2.29. The molecular formula is C28H26N2O6S. The van der Waals surface area contributed by atoms with Gasteiger partial charge in [-0.25, -0.2) is 9.78 Å². The molecule has 1 saturated heterocycles. The number of esters is 1. The Balaban J connectivity index is 1.87. The first kappa shape index (κ1) is 25.8. The Kier molecular flexibility index (Phi) is 7.54. The summed E-state index contributed by atoms with van der Waals surface area (Å²) in [6.45, 7) is 9.38. The molecule has 0 saturated carbocycles. The minimum Gasteiger partial charge on any atom is -0.507 e. The summed E-state index contributed by atoms with van der Waals surface area (Å²) in [5, 5.41) is 11.4. The molecule has 0 radical (unpaired) electrons. The molecule has 1 fully saturated rings. The Hall–Kier alpha value is -4.24. The van der Waals surface area contributed by atoms with E-state index in [0.29, 0.717) is 29.2 Å². The first-order chi connectivity index (χ1) is 17.8. The lowest BCUT2D eigenvalue weighted by Gasteiger charge is -2.23. The summed E-state index contributed by atoms with van der Waals surface area (Å²) in [7, 11) is 0. The van der Waals surface area contributed by atoms with Crippen molar-refractivity contribution in [3.63, 3.8) is 0 Å². The molecule has 1 aliphatic heterocycles. The number of anilines is 1. The molecule has 2 aromatic carbocycles. The zero-order valence-electron chi connectivity index (χ0n) is 20.7. The van der Waals surface area contributed by atoms with Crippen molar-refractivity contribution in [2.75, 3.05) is 18.1 Å². The second-order valence-corrected chi connectivity index (χ2v) is 9.31. The van der Waals surface area contributed by atoms with Crippen LogP contribution in [0.1, 0.15) is 45.0 Å². The Morgan fingerprint density at radius 1 is 1.14 bits per heavy atom. The maximum atomic E-state index is 13.4. The van der Waals surface area contributed by atoms with E-state index in [2.05, 4.69) is 11.6 Å². The zero-order chi connectivity index (χ0) is 26.7. The van der Waals surface area contributed by atoms with E-state index in [1.165, 1.54) is 4.90 Å². The van der Waals surface area contributed by atoms with Crippen LogP contribution in [0.5, 0.6) is 5.75 Å². The van der Waals surface area contributed by atoms with Crippen molar-refractivity contribution in [3.8, 4) is 5.75 Å². The lowest BCUT2D eigenvalue weighted by molar-refractivity contribution is -0.132. The number of Topliss-reactive ketones (excluding diaryl/α,β-unsaturated/α-hetero) is 1. The van der Waals surface area contributed by atoms with E-state index in [-0.39, 0.29) is 27.9 Å². The van der Waals surface area contributed by atoms with Crippen LogP contribution in [0.15, 0.2) is 66.8 Å². The van der Waals surface area contributed by atoms with Crippen molar-refractivity contribution in [3.05, 3.63) is 94.0 Å². The monoisotopic (exact) mass is 518 g/mol. The van der Waals surface area contributed by atoms with Gasteiger partial charge in [-0.2, -0.15) is 0 Å². The van der Waals surface area contributed by atoms with E-state index in [9.17, 15) is 19.5 Å². The van der Waals surface area contributed by atoms with Gasteiger partial charge in [-0.15, -0.1) is 0 Å². The van der Waals surface area contributed by atoms with Crippen LogP contribution in [0, 0.1) is 13.8 Å². The van der Waals surface area contributed by atoms with Crippen molar-refractivity contribution in [2.24, 2.45) is 0 Å². The summed E-state index contributed by atoms with van der Waals surface area (Å²) < 4.78 is 10.7. The summed E-state index contributed by atoms with van der Waals surface area (Å²) in [6.07, 6.45) is 1.62. The van der Waals surface area contributed by atoms with Crippen molar-refractivity contribution in [2.45, 2.75) is 26.8 Å². The highest BCUT2D eigenvalue weighted by molar-refractivity contribution is 7.17. The Morgan fingerprint density at radius 3 is 2.43 bits per heavy atom. The number of aliphatic hydroxyl groups excluding tert-OH is 1. The summed E-state index contributed by atoms with van der Waals surface area (Å²) in [5.41, 5.74) is 2.25. The maximum absolute atomic E-state index is 13.4. The van der Waals surface area contributed by atoms with Gasteiger partial charge in [0.1, 0.15) is 23.0 Å². The standard InChI is InChI=1S/C28H26N2O6S/c1-5-15-36-20-13-11-18(12-14-20)22-21(23(31)19-9-7-16(3)8-10-19)24(32)26(33)30(22)28-29-17(4)25(37-28)27(34)35-6-2/h5,7-14,22,31H,1,6,15H2,2-4H3/b23-21+. The predicted octanol–water partition coefficient (Wildman–Crippen LogP) is 5.13. The molecule has 0 aliphatic carbocycles. The smallest absolute Gasteiger partial charge is 0.350 e. The molecule has 0 spiro atoms. The van der Waals surface area contributed by atoms with E-state index in [1.54, 1.807) is 56.3 Å². The molecule has 37 heavy (non-hydrogen) atoms. The molecular weight excluding hydrogens is 492 g/mol. The molecule has 1 N–H and O–H groups in total. The normalized spacial score (nSPS) is 16.6. The number of carbonyl (C=O) groups excluding carboxylic acids is 3. The highest BCUT2D eigenvalue weighted by atomic mass is 32.1. The fourth-order valence-electron chi connectivity index (χ4n) is 3.98. The third kappa shape index (κ3) is 5.03. The van der Waals surface area contributed by atoms with Crippen LogP contribution in [0.25, 0.3) is 5.76 Å². The lowest BCUT2D eigenvalue weighted by atomic mass is 9.95. The number of aliphatic hydroxyl groups is 1. The zero-order valence-corrected chi connectivity index (χ0v) is 21.5. The number of benzene rings is 2. The van der Waals surface area contributed by atoms with Crippen LogP contribution in [0.3, 0.4) is 0 Å². The van der Waals surface area contributed by atoms with Gasteiger partial charge in [-0.1, -0.05) is 66.0 Å². The maximum Gasteiger partial charge on any atom is 0.350 e. The van der Waals surface area contributed by atoms with Gasteiger partial charge in [0, 0.05) is 5.56 Å². The molecule has 2 heterocycles. The molecule has 1 amide bonds. The summed E-state index contributed by atoms with van der Waals surface area (Å²) in [6, 6.07) is 12.9. The number of aryl methyl sites for hydroxylation is 2. The van der Waals surface area contributed by atoms with Gasteiger partial charge in [0.15, 0.2) is 5.13 Å². The van der Waals surface area contributed by atoms with Gasteiger partial charge >= 0.3 is 11.9 Å². The Bertz CT molecular complexity index is 1390. The number of ketones is 1. The highest BCUT2D eigenvalue weighted by Gasteiger charge is 2.48. The molecule has 9 heteroatoms. The molecule has 0 bridgehead atoms. The average molecular weight is 519 g/mol. The van der Waals surface area contributed by atoms with Gasteiger partial charge < -0.3 is 14.6 Å². The first-order valence-electron chi connectivity index (χ1n) is 11.6. The number of thiazole rings is 1. The van der Waals surface area contributed by atoms with Crippen LogP contribution < -0.4 is 9.64 Å². The van der Waals surface area contributed by atoms with E-state index in [4.69, 9.17) is 9.47 Å². The SMILES string of the molecule is C=CCOc1ccc(C2/C(=C(\O)c3ccc(C)cc3)C(=O)C(=O)N2c2nc(C)c(C(=O)OCC)s2)cc1. The topological polar surface area (TPSA) is 106 Å². The predicted molar refractivity (Wildman–Crippen MR) is 141 cm³/mol. The average Bonchev–Trinajstić information content (AvgIpc) is 3.40. The number of hydrogen-bond donors (Lipinski definition) is 1. The third-order valence-corrected chi connectivity index (χ3v) is 6.92. The minimum atomic E-state index is -0.977. The number of nitrogens with zero attached hydrogens (tertiary/aromatic N) is 2. The highest BCUT2D eigenvalue weighted by Crippen LogP contribution is 2.44. The summed E-state index contributed by atoms with van der Waals surface area (Å²) >= 11 is 0.962. The van der Waals surface area contributed by atoms with Gasteiger partial charge in [-0.05, 0) is 38.5 Å². The second kappa shape index (κ2) is 10.8. The molecule has 8 nitrogen and oxygen atoms in total. The van der Waals surface area contributed by atoms with Gasteiger partial charge in [0.25, 0.3) is 5.78 Å². The molecule has 1 atom stereocenters. The molecule has 1 aliphatic rings. The Morgan fingerprint density at radius 2 is 1.81 bits per heavy atom. The number of hydrogen-bond acceptors (Lipinski definition) is 8. The third-order valence-electron chi connectivity index (χ3n) is 5.79. The Labute approximate surface area is 218 Å². The quantitative estimate of drug-likeness (QED) is 0.145. The number of ether oxygens (including phenoxy) is 2. The summed E-state index contributed by atoms with van der Waals surface area (Å²) in [5.74, 6) is -1.97. The molecule has 1 aromatic heterocycles. The van der Waals surface area contributed by atoms with E-state index in [1.807, 2.05) is 19.1 Å². The first-order valence-corrected chi connectivity index (χ1v) is 12.4. The fourth-order valence-corrected chi connectivity index (χ4v) is 4.97. The van der Waals surface area contributed by atoms with Gasteiger partial charge in [0.2, 0.25) is 0 Å². The van der Waals surface area contributed by atoms with Crippen LogP contribution in [-0.4, -0.2) is 41.0 Å². The van der Waals surface area contributed by atoms with Gasteiger partial charge in [-0.3, -0.25) is 14.5 Å². The van der Waals surface area contributed by atoms with Crippen molar-refractivity contribution in [1.29, 1.82) is 0 Å². The van der Waals surface area contributed by atoms with Crippen molar-refractivity contribution < 1.29 is 29.0 Å². The van der Waals surface area contributed by atoms with Crippen LogP contribution in [0.2, 0.25) is 0 Å². The minimum absolute atomic E-state index is 0.0702. The van der Waals surface area contributed by atoms with Crippen LogP contribution in [-0.2, 0) is 14.3 Å². The molecule has 1 unspecified atom stereocenters.